The summed E-state index contributed by atoms with van der Waals surface area (Å²) < 4.78 is 10.8. The normalized spacial score (nSPS) is 12.7. The Labute approximate surface area is 115 Å². The van der Waals surface area contributed by atoms with Crippen LogP contribution in [0.1, 0.15) is 31.0 Å². The number of nitrogens with one attached hydrogen (secondary N) is 1. The zero-order valence-electron chi connectivity index (χ0n) is 12.5. The highest BCUT2D eigenvalue weighted by atomic mass is 16.5. The molecular weight excluding hydrogens is 240 g/mol. The molecule has 0 bridgehead atoms. The molecule has 1 rings (SSSR count). The van der Waals surface area contributed by atoms with Gasteiger partial charge in [-0.2, -0.15) is 5.26 Å². The van der Waals surface area contributed by atoms with E-state index in [9.17, 15) is 5.26 Å². The smallest absolute Gasteiger partial charge is 0.130 e. The lowest BCUT2D eigenvalue weighted by molar-refractivity contribution is 0.323. The van der Waals surface area contributed by atoms with E-state index in [1.54, 1.807) is 14.2 Å². The van der Waals surface area contributed by atoms with E-state index in [1.165, 1.54) is 0 Å². The number of hydrogen-bond donors (Lipinski definition) is 1. The predicted molar refractivity (Wildman–Crippen MR) is 75.5 cm³/mol. The molecule has 4 nitrogen and oxygen atoms in total. The maximum atomic E-state index is 9.34. The van der Waals surface area contributed by atoms with Crippen molar-refractivity contribution in [1.29, 1.82) is 5.26 Å². The summed E-state index contributed by atoms with van der Waals surface area (Å²) in [6.07, 6.45) is 0. The van der Waals surface area contributed by atoms with Crippen LogP contribution in [0.3, 0.4) is 0 Å². The van der Waals surface area contributed by atoms with Crippen LogP contribution in [0, 0.1) is 23.7 Å². The number of hydrogen-bond acceptors (Lipinski definition) is 4. The van der Waals surface area contributed by atoms with E-state index >= 15 is 0 Å². The van der Waals surface area contributed by atoms with E-state index in [-0.39, 0.29) is 6.04 Å². The van der Waals surface area contributed by atoms with Crippen molar-refractivity contribution in [2.45, 2.75) is 26.8 Å². The molecule has 1 unspecified atom stereocenters. The quantitative estimate of drug-likeness (QED) is 0.886. The second-order valence-electron chi connectivity index (χ2n) is 5.07. The zero-order chi connectivity index (χ0) is 14.6. The third-order valence-corrected chi connectivity index (χ3v) is 3.42. The van der Waals surface area contributed by atoms with Crippen molar-refractivity contribution in [2.75, 3.05) is 21.3 Å². The Morgan fingerprint density at radius 2 is 1.89 bits per heavy atom. The molecule has 19 heavy (non-hydrogen) atoms. The van der Waals surface area contributed by atoms with E-state index in [4.69, 9.17) is 9.47 Å². The molecule has 0 radical (unpaired) electrons. The van der Waals surface area contributed by atoms with Gasteiger partial charge in [-0.3, -0.25) is 0 Å². The zero-order valence-corrected chi connectivity index (χ0v) is 12.5. The fourth-order valence-corrected chi connectivity index (χ4v) is 2.38. The maximum absolute atomic E-state index is 9.34. The molecule has 0 saturated carbocycles. The molecule has 1 N–H and O–H groups in total. The molecule has 0 aromatic heterocycles. The molecule has 1 aromatic carbocycles. The largest absolute Gasteiger partial charge is 0.496 e. The Balaban J connectivity index is 3.42. The Kier molecular flexibility index (Phi) is 4.79. The van der Waals surface area contributed by atoms with Gasteiger partial charge in [-0.15, -0.1) is 0 Å². The van der Waals surface area contributed by atoms with Gasteiger partial charge in [0.2, 0.25) is 0 Å². The molecule has 0 heterocycles. The van der Waals surface area contributed by atoms with Crippen LogP contribution in [0.25, 0.3) is 0 Å². The van der Waals surface area contributed by atoms with Gasteiger partial charge < -0.3 is 14.8 Å². The first-order valence-electron chi connectivity index (χ1n) is 6.23. The molecule has 104 valence electrons. The third-order valence-electron chi connectivity index (χ3n) is 3.42. The third kappa shape index (κ3) is 2.82. The van der Waals surface area contributed by atoms with Crippen molar-refractivity contribution < 1.29 is 9.47 Å². The lowest BCUT2D eigenvalue weighted by Gasteiger charge is -2.30. The topological polar surface area (TPSA) is 54.3 Å². The van der Waals surface area contributed by atoms with Crippen molar-refractivity contribution in [3.8, 4) is 17.6 Å². The summed E-state index contributed by atoms with van der Waals surface area (Å²) in [6, 6.07) is 6.08. The number of benzene rings is 1. The summed E-state index contributed by atoms with van der Waals surface area (Å²) in [5.41, 5.74) is 1.37. The summed E-state index contributed by atoms with van der Waals surface area (Å²) in [5.74, 6) is 1.55. The van der Waals surface area contributed by atoms with Gasteiger partial charge in [-0.25, -0.2) is 0 Å². The number of ether oxygens (including phenoxy) is 2. The Morgan fingerprint density at radius 1 is 1.26 bits per heavy atom. The van der Waals surface area contributed by atoms with E-state index in [1.807, 2.05) is 40.0 Å². The van der Waals surface area contributed by atoms with Crippen molar-refractivity contribution in [2.24, 2.45) is 5.41 Å². The molecule has 0 amide bonds. The van der Waals surface area contributed by atoms with Crippen LogP contribution in [0.5, 0.6) is 11.5 Å². The highest BCUT2D eigenvalue weighted by molar-refractivity contribution is 5.51. The van der Waals surface area contributed by atoms with Gasteiger partial charge in [0.1, 0.15) is 11.5 Å². The summed E-state index contributed by atoms with van der Waals surface area (Å²) in [7, 11) is 5.12. The number of nitrogens with zero attached hydrogens (tertiary/aromatic N) is 1. The Hall–Kier alpha value is -1.73. The molecule has 0 aliphatic heterocycles. The number of nitriles is 1. The highest BCUT2D eigenvalue weighted by Crippen LogP contribution is 2.41. The Morgan fingerprint density at radius 3 is 2.32 bits per heavy atom. The fraction of sp³-hybridized carbons (Fsp3) is 0.533. The Bertz CT molecular complexity index is 490. The predicted octanol–water partition coefficient (Wildman–Crippen LogP) is 2.82. The van der Waals surface area contributed by atoms with Gasteiger partial charge in [0, 0.05) is 11.1 Å². The van der Waals surface area contributed by atoms with E-state index in [2.05, 4.69) is 11.4 Å². The summed E-state index contributed by atoms with van der Waals surface area (Å²) in [5, 5.41) is 12.5. The van der Waals surface area contributed by atoms with Crippen LogP contribution in [0.2, 0.25) is 0 Å². The second-order valence-corrected chi connectivity index (χ2v) is 5.07. The number of rotatable bonds is 5. The van der Waals surface area contributed by atoms with E-state index < -0.39 is 5.41 Å². The van der Waals surface area contributed by atoms with Crippen LogP contribution in [0.15, 0.2) is 12.1 Å². The van der Waals surface area contributed by atoms with Gasteiger partial charge in [-0.1, -0.05) is 0 Å². The van der Waals surface area contributed by atoms with E-state index in [0.29, 0.717) is 0 Å². The minimum absolute atomic E-state index is 0.114. The number of methoxy groups -OCH3 is 2. The van der Waals surface area contributed by atoms with Crippen molar-refractivity contribution in [3.05, 3.63) is 23.3 Å². The first-order chi connectivity index (χ1) is 8.92. The summed E-state index contributed by atoms with van der Waals surface area (Å²) in [4.78, 5) is 0. The van der Waals surface area contributed by atoms with Crippen LogP contribution >= 0.6 is 0 Å². The molecule has 0 spiro atoms. The first-order valence-corrected chi connectivity index (χ1v) is 6.23. The van der Waals surface area contributed by atoms with Crippen LogP contribution in [-0.2, 0) is 0 Å². The van der Waals surface area contributed by atoms with Gasteiger partial charge in [0.05, 0.1) is 31.7 Å². The lowest BCUT2D eigenvalue weighted by Crippen LogP contribution is -2.31. The monoisotopic (exact) mass is 262 g/mol. The standard InChI is InChI=1S/C15H22N2O2/c1-10-12(18-5)8-7-11(13(10)19-6)14(17-4)15(2,3)9-16/h7-8,14,17H,1-6H3. The highest BCUT2D eigenvalue weighted by Gasteiger charge is 2.32. The lowest BCUT2D eigenvalue weighted by atomic mass is 9.81. The minimum atomic E-state index is -0.539. The van der Waals surface area contributed by atoms with Crippen LogP contribution in [-0.4, -0.2) is 21.3 Å². The summed E-state index contributed by atoms with van der Waals surface area (Å²) in [6.45, 7) is 5.77. The minimum Gasteiger partial charge on any atom is -0.496 e. The van der Waals surface area contributed by atoms with Crippen LogP contribution in [0.4, 0.5) is 0 Å². The average molecular weight is 262 g/mol. The molecule has 0 aliphatic rings. The van der Waals surface area contributed by atoms with Crippen molar-refractivity contribution >= 4 is 0 Å². The van der Waals surface area contributed by atoms with Gasteiger partial charge in [-0.05, 0) is 40.0 Å². The average Bonchev–Trinajstić information content (AvgIpc) is 2.39. The SMILES string of the molecule is CNC(c1ccc(OC)c(C)c1OC)C(C)(C)C#N. The summed E-state index contributed by atoms with van der Waals surface area (Å²) >= 11 is 0. The van der Waals surface area contributed by atoms with Gasteiger partial charge in [0.25, 0.3) is 0 Å². The molecule has 0 aliphatic carbocycles. The van der Waals surface area contributed by atoms with Crippen LogP contribution < -0.4 is 14.8 Å². The first kappa shape index (κ1) is 15.3. The fourth-order valence-electron chi connectivity index (χ4n) is 2.38. The van der Waals surface area contributed by atoms with Crippen molar-refractivity contribution in [3.63, 3.8) is 0 Å². The van der Waals surface area contributed by atoms with E-state index in [0.717, 1.165) is 22.6 Å². The van der Waals surface area contributed by atoms with Gasteiger partial charge in [0.15, 0.2) is 0 Å². The molecule has 4 heteroatoms. The maximum Gasteiger partial charge on any atom is 0.130 e. The second kappa shape index (κ2) is 5.94. The molecule has 0 fully saturated rings. The molecule has 1 aromatic rings. The van der Waals surface area contributed by atoms with Crippen molar-refractivity contribution in [1.82, 2.24) is 5.32 Å². The molecule has 0 saturated heterocycles. The molecule has 1 atom stereocenters. The van der Waals surface area contributed by atoms with Gasteiger partial charge >= 0.3 is 0 Å². The molecular formula is C15H22N2O2.